The lowest BCUT2D eigenvalue weighted by Crippen LogP contribution is -2.68. The predicted molar refractivity (Wildman–Crippen MR) is 153 cm³/mol. The Kier molecular flexibility index (Phi) is 9.30. The smallest absolute Gasteiger partial charge is 0.262 e. The highest BCUT2D eigenvalue weighted by Gasteiger charge is 2.52. The van der Waals surface area contributed by atoms with Gasteiger partial charge in [0.25, 0.3) is 8.32 Å². The van der Waals surface area contributed by atoms with E-state index >= 15 is 0 Å². The minimum Gasteiger partial charge on any atom is -0.398 e. The Morgan fingerprint density at radius 3 is 1.95 bits per heavy atom. The lowest BCUT2D eigenvalue weighted by molar-refractivity contribution is -0.0601. The summed E-state index contributed by atoms with van der Waals surface area (Å²) >= 11 is 0. The van der Waals surface area contributed by atoms with Gasteiger partial charge in [0, 0.05) is 0 Å². The highest BCUT2D eigenvalue weighted by atomic mass is 28.4. The summed E-state index contributed by atoms with van der Waals surface area (Å²) in [6, 6.07) is 31.3. The third-order valence-corrected chi connectivity index (χ3v) is 11.8. The van der Waals surface area contributed by atoms with Gasteiger partial charge in [0.1, 0.15) is 6.10 Å². The van der Waals surface area contributed by atoms with Crippen LogP contribution in [0, 0.1) is 0 Å². The van der Waals surface area contributed by atoms with Crippen LogP contribution in [0.3, 0.4) is 0 Å². The van der Waals surface area contributed by atoms with Crippen molar-refractivity contribution < 1.29 is 19.0 Å². The molecule has 0 fully saturated rings. The maximum absolute atomic E-state index is 9.52. The van der Waals surface area contributed by atoms with Gasteiger partial charge in [-0.1, -0.05) is 136 Å². The molecule has 0 radical (unpaired) electrons. The molecule has 3 atom stereocenters. The van der Waals surface area contributed by atoms with Crippen LogP contribution in [0.5, 0.6) is 0 Å². The standard InChI is InChI=1S/C32H38O4Si/c1-32(2,3)37(28-16-9-5-10-17-28,29-18-11-6-12-19-29)36-31-22-21-27(35-30(31)20-13-23-33)25-34-24-26-14-7-4-8-15-26/h4-22,27,30-31,33H,23-25H2,1-3H3/b20-13+/t27-,30-,31+/m0/s1. The maximum atomic E-state index is 9.52. The van der Waals surface area contributed by atoms with Gasteiger partial charge in [0.05, 0.1) is 32.0 Å². The van der Waals surface area contributed by atoms with E-state index in [4.69, 9.17) is 13.9 Å². The number of ether oxygens (including phenoxy) is 2. The first-order chi connectivity index (χ1) is 17.9. The topological polar surface area (TPSA) is 47.9 Å². The van der Waals surface area contributed by atoms with Gasteiger partial charge < -0.3 is 19.0 Å². The van der Waals surface area contributed by atoms with Crippen molar-refractivity contribution in [3.63, 3.8) is 0 Å². The molecule has 0 saturated carbocycles. The van der Waals surface area contributed by atoms with Crippen molar-refractivity contribution in [1.29, 1.82) is 0 Å². The summed E-state index contributed by atoms with van der Waals surface area (Å²) in [5.41, 5.74) is 1.13. The normalized spacial score (nSPS) is 20.4. The molecular weight excluding hydrogens is 476 g/mol. The SMILES string of the molecule is CC(C)(C)[Si](O[C@@H]1C=C[C@@H](COCc2ccccc2)O[C@H]1/C=C/CO)(c1ccccc1)c1ccccc1. The van der Waals surface area contributed by atoms with Crippen molar-refractivity contribution >= 4 is 18.7 Å². The van der Waals surface area contributed by atoms with Gasteiger partial charge in [0.15, 0.2) is 0 Å². The Hall–Kier alpha value is -2.80. The summed E-state index contributed by atoms with van der Waals surface area (Å²) in [4.78, 5) is 0. The zero-order valence-corrected chi connectivity index (χ0v) is 23.0. The largest absolute Gasteiger partial charge is 0.398 e. The van der Waals surface area contributed by atoms with Crippen LogP contribution >= 0.6 is 0 Å². The van der Waals surface area contributed by atoms with Crippen LogP contribution in [0.4, 0.5) is 0 Å². The van der Waals surface area contributed by atoms with E-state index in [9.17, 15) is 5.11 Å². The number of rotatable bonds is 10. The van der Waals surface area contributed by atoms with Crippen LogP contribution in [0.1, 0.15) is 26.3 Å². The Morgan fingerprint density at radius 2 is 1.41 bits per heavy atom. The van der Waals surface area contributed by atoms with Crippen LogP contribution in [-0.2, 0) is 20.5 Å². The molecule has 1 heterocycles. The lowest BCUT2D eigenvalue weighted by atomic mass is 10.1. The highest BCUT2D eigenvalue weighted by Crippen LogP contribution is 2.38. The molecule has 0 saturated heterocycles. The van der Waals surface area contributed by atoms with Crippen molar-refractivity contribution in [3.8, 4) is 0 Å². The summed E-state index contributed by atoms with van der Waals surface area (Å²) in [6.07, 6.45) is 6.96. The van der Waals surface area contributed by atoms with E-state index in [0.29, 0.717) is 13.2 Å². The summed E-state index contributed by atoms with van der Waals surface area (Å²) in [5.74, 6) is 0. The maximum Gasteiger partial charge on any atom is 0.262 e. The fourth-order valence-corrected chi connectivity index (χ4v) is 9.62. The zero-order chi connectivity index (χ0) is 26.1. The molecule has 37 heavy (non-hydrogen) atoms. The summed E-state index contributed by atoms with van der Waals surface area (Å²) in [5, 5.41) is 11.8. The Morgan fingerprint density at radius 1 is 0.838 bits per heavy atom. The van der Waals surface area contributed by atoms with Gasteiger partial charge in [-0.25, -0.2) is 0 Å². The van der Waals surface area contributed by atoms with Crippen molar-refractivity contribution in [1.82, 2.24) is 0 Å². The van der Waals surface area contributed by atoms with E-state index in [1.54, 1.807) is 6.08 Å². The second-order valence-electron chi connectivity index (χ2n) is 10.4. The Labute approximate surface area is 222 Å². The lowest BCUT2D eigenvalue weighted by Gasteiger charge is -2.46. The average Bonchev–Trinajstić information content (AvgIpc) is 2.92. The fraction of sp³-hybridized carbons (Fsp3) is 0.312. The number of aliphatic hydroxyl groups excluding tert-OH is 1. The van der Waals surface area contributed by atoms with Crippen molar-refractivity contribution in [2.75, 3.05) is 13.2 Å². The molecule has 0 spiro atoms. The molecule has 1 aliphatic heterocycles. The molecule has 0 amide bonds. The van der Waals surface area contributed by atoms with Gasteiger partial charge in [0.2, 0.25) is 0 Å². The summed E-state index contributed by atoms with van der Waals surface area (Å²) in [7, 11) is -2.77. The van der Waals surface area contributed by atoms with Gasteiger partial charge >= 0.3 is 0 Å². The van der Waals surface area contributed by atoms with Crippen LogP contribution in [0.25, 0.3) is 0 Å². The fourth-order valence-electron chi connectivity index (χ4n) is 4.98. The second kappa shape index (κ2) is 12.6. The molecule has 194 valence electrons. The molecule has 4 nitrogen and oxygen atoms in total. The quantitative estimate of drug-likeness (QED) is 0.305. The summed E-state index contributed by atoms with van der Waals surface area (Å²) < 4.78 is 19.7. The molecule has 3 aromatic rings. The number of hydrogen-bond donors (Lipinski definition) is 1. The first-order valence-corrected chi connectivity index (χ1v) is 14.9. The molecule has 0 unspecified atom stereocenters. The minimum absolute atomic E-state index is 0.0509. The van der Waals surface area contributed by atoms with Crippen molar-refractivity contribution in [3.05, 3.63) is 121 Å². The second-order valence-corrected chi connectivity index (χ2v) is 14.6. The van der Waals surface area contributed by atoms with E-state index in [1.165, 1.54) is 10.4 Å². The molecule has 1 N–H and O–H groups in total. The van der Waals surface area contributed by atoms with Crippen molar-refractivity contribution in [2.45, 2.75) is 50.7 Å². The van der Waals surface area contributed by atoms with Crippen molar-refractivity contribution in [2.24, 2.45) is 0 Å². The van der Waals surface area contributed by atoms with Crippen LogP contribution < -0.4 is 10.4 Å². The monoisotopic (exact) mass is 514 g/mol. The number of aliphatic hydroxyl groups is 1. The average molecular weight is 515 g/mol. The van der Waals surface area contributed by atoms with Crippen LogP contribution in [0.15, 0.2) is 115 Å². The molecule has 3 aromatic carbocycles. The van der Waals surface area contributed by atoms with Crippen LogP contribution in [-0.4, -0.2) is 44.9 Å². The molecule has 0 aliphatic carbocycles. The zero-order valence-electron chi connectivity index (χ0n) is 22.0. The first-order valence-electron chi connectivity index (χ1n) is 13.0. The van der Waals surface area contributed by atoms with Gasteiger partial charge in [-0.3, -0.25) is 0 Å². The van der Waals surface area contributed by atoms with Gasteiger partial charge in [-0.15, -0.1) is 0 Å². The number of hydrogen-bond acceptors (Lipinski definition) is 4. The van der Waals surface area contributed by atoms with E-state index in [2.05, 4.69) is 93.6 Å². The Balaban J connectivity index is 1.63. The third kappa shape index (κ3) is 6.56. The number of benzene rings is 3. The molecular formula is C32H38O4Si. The molecule has 0 bridgehead atoms. The highest BCUT2D eigenvalue weighted by molar-refractivity contribution is 6.99. The van der Waals surface area contributed by atoms with E-state index in [-0.39, 0.29) is 30.0 Å². The van der Waals surface area contributed by atoms with E-state index in [1.807, 2.05) is 36.4 Å². The van der Waals surface area contributed by atoms with Gasteiger partial charge in [-0.2, -0.15) is 0 Å². The third-order valence-electron chi connectivity index (χ3n) is 6.73. The predicted octanol–water partition coefficient (Wildman–Crippen LogP) is 5.02. The van der Waals surface area contributed by atoms with Crippen LogP contribution in [0.2, 0.25) is 5.04 Å². The molecule has 0 aromatic heterocycles. The van der Waals surface area contributed by atoms with E-state index < -0.39 is 8.32 Å². The summed E-state index contributed by atoms with van der Waals surface area (Å²) in [6.45, 7) is 7.74. The first kappa shape index (κ1) is 27.2. The van der Waals surface area contributed by atoms with E-state index in [0.717, 1.165) is 5.56 Å². The van der Waals surface area contributed by atoms with Gasteiger partial charge in [-0.05, 0) is 21.0 Å². The Bertz CT molecular complexity index is 1100. The molecule has 4 rings (SSSR count). The molecule has 5 heteroatoms. The minimum atomic E-state index is -2.77. The molecule has 1 aliphatic rings.